The quantitative estimate of drug-likeness (QED) is 0.587. The number of hydrogen-bond donors (Lipinski definition) is 0. The Morgan fingerprint density at radius 1 is 1.28 bits per heavy atom. The Balaban J connectivity index is 2.68. The van der Waals surface area contributed by atoms with Crippen molar-refractivity contribution in [2.75, 3.05) is 0 Å². The van der Waals surface area contributed by atoms with Crippen molar-refractivity contribution in [2.45, 2.75) is 56.3 Å². The summed E-state index contributed by atoms with van der Waals surface area (Å²) >= 11 is 1.59. The van der Waals surface area contributed by atoms with Gasteiger partial charge in [-0.2, -0.15) is 0 Å². The summed E-state index contributed by atoms with van der Waals surface area (Å²) in [6, 6.07) is 10.0. The minimum atomic E-state index is -0.416. The Labute approximate surface area is 114 Å². The van der Waals surface area contributed by atoms with E-state index >= 15 is 0 Å². The molecule has 0 fully saturated rings. The first-order valence-electron chi connectivity index (χ1n) is 6.37. The van der Waals surface area contributed by atoms with E-state index in [0.717, 1.165) is 17.7 Å². The van der Waals surface area contributed by atoms with Gasteiger partial charge in [0.15, 0.2) is 0 Å². The van der Waals surface area contributed by atoms with Gasteiger partial charge < -0.3 is 4.74 Å². The van der Waals surface area contributed by atoms with E-state index in [1.165, 1.54) is 0 Å². The number of hydrogen-bond acceptors (Lipinski definition) is 3. The van der Waals surface area contributed by atoms with Gasteiger partial charge in [-0.25, -0.2) is 0 Å². The number of carbonyl (C=O) groups excluding carboxylic acids is 1. The molecule has 0 spiro atoms. The van der Waals surface area contributed by atoms with Crippen LogP contribution in [0.3, 0.4) is 0 Å². The lowest BCUT2D eigenvalue weighted by Crippen LogP contribution is -2.30. The lowest BCUT2D eigenvalue weighted by atomic mass is 10.2. The van der Waals surface area contributed by atoms with Crippen molar-refractivity contribution in [3.8, 4) is 0 Å². The van der Waals surface area contributed by atoms with Gasteiger partial charge in [0.1, 0.15) is 10.9 Å². The number of thioether (sulfide) groups is 1. The number of ether oxygens (including phenoxy) is 1. The molecule has 0 radical (unpaired) electrons. The van der Waals surface area contributed by atoms with Crippen LogP contribution in [0.5, 0.6) is 0 Å². The Bertz CT molecular complexity index is 368. The molecule has 18 heavy (non-hydrogen) atoms. The summed E-state index contributed by atoms with van der Waals surface area (Å²) in [5, 5.41) is -0.114. The molecule has 0 heterocycles. The highest BCUT2D eigenvalue weighted by molar-refractivity contribution is 8.00. The molecule has 0 bridgehead atoms. The van der Waals surface area contributed by atoms with Crippen molar-refractivity contribution in [1.82, 2.24) is 0 Å². The van der Waals surface area contributed by atoms with Crippen LogP contribution in [-0.4, -0.2) is 16.8 Å². The van der Waals surface area contributed by atoms with E-state index in [4.69, 9.17) is 4.74 Å². The van der Waals surface area contributed by atoms with Crippen molar-refractivity contribution in [1.29, 1.82) is 0 Å². The van der Waals surface area contributed by atoms with Crippen LogP contribution in [0.1, 0.15) is 40.5 Å². The van der Waals surface area contributed by atoms with Crippen molar-refractivity contribution < 1.29 is 9.53 Å². The van der Waals surface area contributed by atoms with Crippen LogP contribution in [0.25, 0.3) is 0 Å². The highest BCUT2D eigenvalue weighted by Gasteiger charge is 2.25. The molecule has 1 atom stereocenters. The average molecular weight is 266 g/mol. The van der Waals surface area contributed by atoms with Crippen LogP contribution in [-0.2, 0) is 9.53 Å². The molecule has 1 rings (SSSR count). The fourth-order valence-corrected chi connectivity index (χ4v) is 2.66. The lowest BCUT2D eigenvalue weighted by molar-refractivity contribution is -0.154. The zero-order chi connectivity index (χ0) is 13.6. The Kier molecular flexibility index (Phi) is 5.73. The zero-order valence-electron chi connectivity index (χ0n) is 11.6. The van der Waals surface area contributed by atoms with Crippen molar-refractivity contribution in [2.24, 2.45) is 0 Å². The van der Waals surface area contributed by atoms with Gasteiger partial charge in [-0.05, 0) is 39.3 Å². The predicted octanol–water partition coefficient (Wildman–Crippen LogP) is 4.29. The van der Waals surface area contributed by atoms with Crippen molar-refractivity contribution in [3.63, 3.8) is 0 Å². The molecule has 0 saturated heterocycles. The maximum atomic E-state index is 12.1. The number of rotatable bonds is 5. The third kappa shape index (κ3) is 5.58. The third-order valence-electron chi connectivity index (χ3n) is 2.24. The van der Waals surface area contributed by atoms with Crippen molar-refractivity contribution >= 4 is 17.7 Å². The van der Waals surface area contributed by atoms with Crippen LogP contribution in [0, 0.1) is 0 Å². The SMILES string of the molecule is CCCC(Sc1ccccc1)C(=O)OC(C)(C)C. The van der Waals surface area contributed by atoms with E-state index in [0.29, 0.717) is 0 Å². The minimum Gasteiger partial charge on any atom is -0.459 e. The van der Waals surface area contributed by atoms with Gasteiger partial charge in [-0.1, -0.05) is 31.5 Å². The maximum absolute atomic E-state index is 12.1. The molecule has 0 aromatic heterocycles. The topological polar surface area (TPSA) is 26.3 Å². The van der Waals surface area contributed by atoms with Crippen LogP contribution in [0.2, 0.25) is 0 Å². The predicted molar refractivity (Wildman–Crippen MR) is 76.8 cm³/mol. The summed E-state index contributed by atoms with van der Waals surface area (Å²) in [4.78, 5) is 13.2. The smallest absolute Gasteiger partial charge is 0.319 e. The maximum Gasteiger partial charge on any atom is 0.319 e. The molecule has 0 saturated carbocycles. The Morgan fingerprint density at radius 3 is 2.39 bits per heavy atom. The lowest BCUT2D eigenvalue weighted by Gasteiger charge is -2.23. The summed E-state index contributed by atoms with van der Waals surface area (Å²) in [7, 11) is 0. The Morgan fingerprint density at radius 2 is 1.89 bits per heavy atom. The van der Waals surface area contributed by atoms with Gasteiger partial charge >= 0.3 is 5.97 Å². The minimum absolute atomic E-state index is 0.113. The second kappa shape index (κ2) is 6.83. The standard InChI is InChI=1S/C15H22O2S/c1-5-9-13(14(16)17-15(2,3)4)18-12-10-7-6-8-11-12/h6-8,10-11,13H,5,9H2,1-4H3. The van der Waals surface area contributed by atoms with E-state index in [2.05, 4.69) is 6.92 Å². The summed E-state index contributed by atoms with van der Waals surface area (Å²) < 4.78 is 5.46. The monoisotopic (exact) mass is 266 g/mol. The molecule has 0 N–H and O–H groups in total. The van der Waals surface area contributed by atoms with Crippen molar-refractivity contribution in [3.05, 3.63) is 30.3 Å². The summed E-state index contributed by atoms with van der Waals surface area (Å²) in [6.45, 7) is 7.80. The van der Waals surface area contributed by atoms with E-state index in [1.807, 2.05) is 51.1 Å². The fourth-order valence-electron chi connectivity index (χ4n) is 1.52. The molecule has 3 heteroatoms. The van der Waals surface area contributed by atoms with Gasteiger partial charge in [0.25, 0.3) is 0 Å². The molecule has 2 nitrogen and oxygen atoms in total. The third-order valence-corrected chi connectivity index (χ3v) is 3.50. The largest absolute Gasteiger partial charge is 0.459 e. The van der Waals surface area contributed by atoms with Crippen LogP contribution in [0.4, 0.5) is 0 Å². The summed E-state index contributed by atoms with van der Waals surface area (Å²) in [6.07, 6.45) is 1.82. The average Bonchev–Trinajstić information content (AvgIpc) is 2.27. The molecule has 0 aliphatic rings. The highest BCUT2D eigenvalue weighted by atomic mass is 32.2. The van der Waals surface area contributed by atoms with Gasteiger partial charge in [-0.3, -0.25) is 4.79 Å². The highest BCUT2D eigenvalue weighted by Crippen LogP contribution is 2.28. The molecule has 1 aromatic carbocycles. The van der Waals surface area contributed by atoms with Crippen LogP contribution < -0.4 is 0 Å². The number of benzene rings is 1. The molecular weight excluding hydrogens is 244 g/mol. The number of carbonyl (C=O) groups is 1. The first-order valence-corrected chi connectivity index (χ1v) is 7.25. The van der Waals surface area contributed by atoms with Gasteiger partial charge in [0, 0.05) is 4.90 Å². The second-order valence-electron chi connectivity index (χ2n) is 5.24. The molecular formula is C15H22O2S. The molecule has 0 aliphatic heterocycles. The Hall–Kier alpha value is -0.960. The van der Waals surface area contributed by atoms with E-state index in [1.54, 1.807) is 11.8 Å². The van der Waals surface area contributed by atoms with Crippen LogP contribution in [0.15, 0.2) is 35.2 Å². The van der Waals surface area contributed by atoms with Gasteiger partial charge in [0.05, 0.1) is 0 Å². The van der Waals surface area contributed by atoms with E-state index in [9.17, 15) is 4.79 Å². The summed E-state index contributed by atoms with van der Waals surface area (Å²) in [5.41, 5.74) is -0.416. The molecule has 1 unspecified atom stereocenters. The normalized spacial score (nSPS) is 13.1. The second-order valence-corrected chi connectivity index (χ2v) is 6.52. The fraction of sp³-hybridized carbons (Fsp3) is 0.533. The summed E-state index contributed by atoms with van der Waals surface area (Å²) in [5.74, 6) is -0.113. The first-order chi connectivity index (χ1) is 8.42. The van der Waals surface area contributed by atoms with Gasteiger partial charge in [-0.15, -0.1) is 11.8 Å². The molecule has 100 valence electrons. The zero-order valence-corrected chi connectivity index (χ0v) is 12.4. The van der Waals surface area contributed by atoms with E-state index in [-0.39, 0.29) is 11.2 Å². The van der Waals surface area contributed by atoms with E-state index < -0.39 is 5.60 Å². The first kappa shape index (κ1) is 15.1. The molecule has 0 amide bonds. The van der Waals surface area contributed by atoms with Gasteiger partial charge in [0.2, 0.25) is 0 Å². The number of esters is 1. The molecule has 0 aliphatic carbocycles. The molecule has 1 aromatic rings. The van der Waals surface area contributed by atoms with Crippen LogP contribution >= 0.6 is 11.8 Å².